The van der Waals surface area contributed by atoms with Crippen molar-refractivity contribution in [2.24, 2.45) is 5.41 Å². The summed E-state index contributed by atoms with van der Waals surface area (Å²) in [5, 5.41) is 2.53. The van der Waals surface area contributed by atoms with E-state index in [-0.39, 0.29) is 27.0 Å². The Labute approximate surface area is 184 Å². The van der Waals surface area contributed by atoms with Gasteiger partial charge in [-0.3, -0.25) is 14.2 Å². The van der Waals surface area contributed by atoms with Gasteiger partial charge in [-0.1, -0.05) is 11.6 Å². The Morgan fingerprint density at radius 2 is 1.79 bits per heavy atom. The summed E-state index contributed by atoms with van der Waals surface area (Å²) in [4.78, 5) is 5.33. The molecule has 0 saturated carbocycles. The third-order valence-corrected chi connectivity index (χ3v) is 6.67. The van der Waals surface area contributed by atoms with Gasteiger partial charge in [0.05, 0.1) is 44.2 Å². The maximum Gasteiger partial charge on any atom is 0.407 e. The highest BCUT2D eigenvalue weighted by molar-refractivity contribution is 9.12. The molecule has 13 heteroatoms. The van der Waals surface area contributed by atoms with Crippen LogP contribution in [0.1, 0.15) is 11.6 Å². The van der Waals surface area contributed by atoms with Crippen LogP contribution in [0.15, 0.2) is 40.3 Å². The van der Waals surface area contributed by atoms with Crippen molar-refractivity contribution < 1.29 is 26.3 Å². The maximum atomic E-state index is 14.3. The molecule has 0 aromatic carbocycles. The zero-order valence-electron chi connectivity index (χ0n) is 14.7. The highest BCUT2D eigenvalue weighted by Gasteiger charge is 2.76. The predicted octanol–water partition coefficient (Wildman–Crippen LogP) is 5.49. The number of aromatic nitrogens is 1. The molecule has 160 valence electrons. The fraction of sp³-hybridized carbons (Fsp3) is 0.438. The van der Waals surface area contributed by atoms with E-state index in [4.69, 9.17) is 11.6 Å². The maximum absolute atomic E-state index is 14.3. The van der Waals surface area contributed by atoms with Gasteiger partial charge in [0.15, 0.2) is 11.7 Å². The zero-order valence-corrected chi connectivity index (χ0v) is 18.6. The molecular formula is C16H13Br2ClF6N4. The molecule has 1 aliphatic carbocycles. The SMILES string of the molecule is CNC1N(C)C2=C(C(c3ncccc3Cl)C(C(F)(F)F)(C(F)(F)F)C=C2Br)N1Br. The van der Waals surface area contributed by atoms with Crippen molar-refractivity contribution in [1.29, 1.82) is 0 Å². The molecule has 0 saturated heterocycles. The van der Waals surface area contributed by atoms with Crippen LogP contribution in [0.2, 0.25) is 5.02 Å². The van der Waals surface area contributed by atoms with Gasteiger partial charge in [0.1, 0.15) is 0 Å². The van der Waals surface area contributed by atoms with Gasteiger partial charge in [-0.2, -0.15) is 26.3 Å². The van der Waals surface area contributed by atoms with Crippen LogP contribution >= 0.6 is 43.7 Å². The van der Waals surface area contributed by atoms with Crippen LogP contribution in [0.25, 0.3) is 0 Å². The topological polar surface area (TPSA) is 31.4 Å². The van der Waals surface area contributed by atoms with E-state index >= 15 is 0 Å². The molecular weight excluding hydrogens is 557 g/mol. The Morgan fingerprint density at radius 1 is 1.21 bits per heavy atom. The third-order valence-electron chi connectivity index (χ3n) is 4.97. The van der Waals surface area contributed by atoms with E-state index in [1.807, 2.05) is 0 Å². The summed E-state index contributed by atoms with van der Waals surface area (Å²) < 4.78 is 86.3. The van der Waals surface area contributed by atoms with Crippen LogP contribution < -0.4 is 5.32 Å². The highest BCUT2D eigenvalue weighted by Crippen LogP contribution is 2.66. The second-order valence-electron chi connectivity index (χ2n) is 6.48. The number of hydrogen-bond donors (Lipinski definition) is 1. The molecule has 3 rings (SSSR count). The minimum absolute atomic E-state index is 0.150. The van der Waals surface area contributed by atoms with Gasteiger partial charge >= 0.3 is 12.4 Å². The summed E-state index contributed by atoms with van der Waals surface area (Å²) in [6.07, 6.45) is -10.9. The summed E-state index contributed by atoms with van der Waals surface area (Å²) in [5.41, 5.74) is -4.90. The van der Waals surface area contributed by atoms with E-state index in [2.05, 4.69) is 42.4 Å². The first-order valence-corrected chi connectivity index (χ1v) is 9.89. The molecule has 1 N–H and O–H groups in total. The number of nitrogens with one attached hydrogen (secondary N) is 1. The minimum atomic E-state index is -5.70. The van der Waals surface area contributed by atoms with E-state index < -0.39 is 35.7 Å². The molecule has 0 spiro atoms. The number of pyridine rings is 1. The fourth-order valence-corrected chi connectivity index (χ4v) is 5.65. The summed E-state index contributed by atoms with van der Waals surface area (Å²) >= 11 is 12.1. The summed E-state index contributed by atoms with van der Waals surface area (Å²) in [5.74, 6) is -2.28. The second-order valence-corrected chi connectivity index (χ2v) is 8.50. The van der Waals surface area contributed by atoms with Gasteiger partial charge in [0, 0.05) is 17.7 Å². The lowest BCUT2D eigenvalue weighted by Crippen LogP contribution is -2.55. The standard InChI is InChI=1S/C16H13Br2ClF6N4/c1-26-13-28(2)11-7(17)6-14(15(20,21)22,16(23,24)25)9(12(11)29(13)18)10-8(19)4-3-5-27-10/h3-6,9,13,26H,1-2H3. The Hall–Kier alpha value is -0.980. The molecule has 2 heterocycles. The van der Waals surface area contributed by atoms with E-state index in [0.29, 0.717) is 0 Å². The van der Waals surface area contributed by atoms with Crippen LogP contribution in [0, 0.1) is 5.41 Å². The van der Waals surface area contributed by atoms with E-state index in [0.717, 1.165) is 10.1 Å². The van der Waals surface area contributed by atoms with Crippen LogP contribution in [0.4, 0.5) is 26.3 Å². The van der Waals surface area contributed by atoms with E-state index in [9.17, 15) is 26.3 Å². The van der Waals surface area contributed by atoms with Crippen molar-refractivity contribution in [2.45, 2.75) is 24.6 Å². The van der Waals surface area contributed by atoms with Gasteiger partial charge in [0.25, 0.3) is 0 Å². The van der Waals surface area contributed by atoms with Crippen molar-refractivity contribution in [2.75, 3.05) is 14.1 Å². The number of alkyl halides is 6. The lowest BCUT2D eigenvalue weighted by atomic mass is 9.67. The van der Waals surface area contributed by atoms with Crippen LogP contribution in [-0.2, 0) is 0 Å². The molecule has 1 aliphatic heterocycles. The Bertz CT molecular complexity index is 871. The normalized spacial score (nSPS) is 24.7. The first kappa shape index (κ1) is 22.7. The quantitative estimate of drug-likeness (QED) is 0.377. The number of hydrogen-bond acceptors (Lipinski definition) is 4. The predicted molar refractivity (Wildman–Crippen MR) is 102 cm³/mol. The van der Waals surface area contributed by atoms with Crippen molar-refractivity contribution in [3.05, 3.63) is 51.0 Å². The molecule has 1 aromatic heterocycles. The molecule has 0 bridgehead atoms. The average Bonchev–Trinajstić information content (AvgIpc) is 2.84. The van der Waals surface area contributed by atoms with Crippen molar-refractivity contribution in [3.63, 3.8) is 0 Å². The van der Waals surface area contributed by atoms with Crippen LogP contribution in [-0.4, -0.2) is 46.5 Å². The smallest absolute Gasteiger partial charge is 0.339 e. The fourth-order valence-electron chi connectivity index (χ4n) is 3.72. The molecule has 4 nitrogen and oxygen atoms in total. The Balaban J connectivity index is 2.44. The second kappa shape index (κ2) is 7.31. The third kappa shape index (κ3) is 3.17. The van der Waals surface area contributed by atoms with Gasteiger partial charge in [0.2, 0.25) is 0 Å². The van der Waals surface area contributed by atoms with Gasteiger partial charge in [-0.15, -0.1) is 0 Å². The van der Waals surface area contributed by atoms with Gasteiger partial charge in [-0.05, 0) is 41.2 Å². The molecule has 0 amide bonds. The molecule has 0 radical (unpaired) electrons. The number of rotatable bonds is 2. The Kier molecular flexibility index (Phi) is 5.72. The summed E-state index contributed by atoms with van der Waals surface area (Å²) in [6, 6.07) is 2.55. The Morgan fingerprint density at radius 3 is 2.28 bits per heavy atom. The minimum Gasteiger partial charge on any atom is -0.339 e. The number of nitrogens with zero attached hydrogens (tertiary/aromatic N) is 3. The molecule has 1 aromatic rings. The molecule has 0 fully saturated rings. The lowest BCUT2D eigenvalue weighted by Gasteiger charge is -2.44. The first-order chi connectivity index (χ1) is 13.3. The van der Waals surface area contributed by atoms with Gasteiger partial charge < -0.3 is 4.90 Å². The monoisotopic (exact) mass is 568 g/mol. The number of likely N-dealkylation sites (N-methyl/N-ethyl adjacent to an activating group) is 1. The highest BCUT2D eigenvalue weighted by atomic mass is 79.9. The van der Waals surface area contributed by atoms with Crippen LogP contribution in [0.3, 0.4) is 0 Å². The first-order valence-electron chi connectivity index (χ1n) is 8.01. The average molecular weight is 571 g/mol. The van der Waals surface area contributed by atoms with E-state index in [1.165, 1.54) is 31.1 Å². The van der Waals surface area contributed by atoms with Crippen molar-refractivity contribution in [3.8, 4) is 0 Å². The summed E-state index contributed by atoms with van der Waals surface area (Å²) in [7, 11) is 3.06. The van der Waals surface area contributed by atoms with E-state index in [1.54, 1.807) is 0 Å². The van der Waals surface area contributed by atoms with Crippen molar-refractivity contribution >= 4 is 43.7 Å². The lowest BCUT2D eigenvalue weighted by molar-refractivity contribution is -0.327. The molecule has 2 atom stereocenters. The van der Waals surface area contributed by atoms with Crippen LogP contribution in [0.5, 0.6) is 0 Å². The van der Waals surface area contributed by atoms with Crippen molar-refractivity contribution in [1.82, 2.24) is 19.1 Å². The molecule has 29 heavy (non-hydrogen) atoms. The summed E-state index contributed by atoms with van der Waals surface area (Å²) in [6.45, 7) is 0. The molecule has 2 aliphatic rings. The molecule has 2 unspecified atom stereocenters. The largest absolute Gasteiger partial charge is 0.407 e. The number of allylic oxidation sites excluding steroid dienone is 3. The zero-order chi connectivity index (χ0) is 21.9. The van der Waals surface area contributed by atoms with Gasteiger partial charge in [-0.25, -0.2) is 0 Å². The number of halogens is 9.